The molecule has 0 spiro atoms. The molecule has 1 atom stereocenters. The quantitative estimate of drug-likeness (QED) is 0.832. The highest BCUT2D eigenvalue weighted by atomic mass is 35.5. The summed E-state index contributed by atoms with van der Waals surface area (Å²) < 4.78 is 13.6. The molecule has 0 bridgehead atoms. The normalized spacial score (nSPS) is 13.1. The predicted octanol–water partition coefficient (Wildman–Crippen LogP) is 3.66. The summed E-state index contributed by atoms with van der Waals surface area (Å²) >= 11 is 5.73. The number of rotatable bonds is 5. The molecule has 0 saturated heterocycles. The van der Waals surface area contributed by atoms with Gasteiger partial charge in [-0.3, -0.25) is 0 Å². The van der Waals surface area contributed by atoms with Crippen LogP contribution >= 0.6 is 11.6 Å². The van der Waals surface area contributed by atoms with Crippen molar-refractivity contribution >= 4 is 11.6 Å². The predicted molar refractivity (Wildman–Crippen MR) is 67.4 cm³/mol. The fourth-order valence-corrected chi connectivity index (χ4v) is 1.78. The van der Waals surface area contributed by atoms with Crippen molar-refractivity contribution in [3.8, 4) is 0 Å². The molecule has 1 N–H and O–H groups in total. The van der Waals surface area contributed by atoms with Crippen molar-refractivity contribution in [1.29, 1.82) is 0 Å². The van der Waals surface area contributed by atoms with Crippen LogP contribution in [0.2, 0.25) is 5.02 Å². The molecule has 90 valence electrons. The lowest BCUT2D eigenvalue weighted by molar-refractivity contribution is 0.468. The zero-order valence-corrected chi connectivity index (χ0v) is 10.8. The first kappa shape index (κ1) is 13.5. The second kappa shape index (κ2) is 6.21. The smallest absolute Gasteiger partial charge is 0.144 e. The van der Waals surface area contributed by atoms with Crippen LogP contribution in [-0.4, -0.2) is 12.6 Å². The molecule has 3 heteroatoms. The highest BCUT2D eigenvalue weighted by molar-refractivity contribution is 6.30. The van der Waals surface area contributed by atoms with Crippen LogP contribution in [0.5, 0.6) is 0 Å². The van der Waals surface area contributed by atoms with Gasteiger partial charge in [-0.25, -0.2) is 4.39 Å². The van der Waals surface area contributed by atoms with Crippen molar-refractivity contribution in [2.45, 2.75) is 33.2 Å². The molecule has 0 aliphatic rings. The number of nitrogens with one attached hydrogen (secondary N) is 1. The Bertz CT molecular complexity index is 339. The first-order valence-corrected chi connectivity index (χ1v) is 6.04. The van der Waals surface area contributed by atoms with Crippen LogP contribution in [0, 0.1) is 11.7 Å². The molecule has 0 aromatic heterocycles. The molecular weight excluding hydrogens is 225 g/mol. The summed E-state index contributed by atoms with van der Waals surface area (Å²) in [5, 5.41) is 3.55. The second-order valence-electron chi connectivity index (χ2n) is 4.59. The fraction of sp³-hybridized carbons (Fsp3) is 0.538. The van der Waals surface area contributed by atoms with Gasteiger partial charge in [0.1, 0.15) is 5.82 Å². The number of hydrogen-bond acceptors (Lipinski definition) is 1. The highest BCUT2D eigenvalue weighted by Gasteiger charge is 2.10. The van der Waals surface area contributed by atoms with E-state index in [2.05, 4.69) is 26.1 Å². The zero-order chi connectivity index (χ0) is 12.1. The van der Waals surface area contributed by atoms with Gasteiger partial charge in [0.25, 0.3) is 0 Å². The molecule has 1 aromatic rings. The maximum absolute atomic E-state index is 13.6. The van der Waals surface area contributed by atoms with Crippen LogP contribution in [-0.2, 0) is 6.42 Å². The third-order valence-electron chi connectivity index (χ3n) is 2.47. The molecular formula is C13H19ClFN. The molecule has 1 nitrogen and oxygen atoms in total. The van der Waals surface area contributed by atoms with Crippen LogP contribution in [0.3, 0.4) is 0 Å². The molecule has 0 saturated carbocycles. The van der Waals surface area contributed by atoms with E-state index in [1.54, 1.807) is 18.2 Å². The minimum Gasteiger partial charge on any atom is -0.314 e. The van der Waals surface area contributed by atoms with Gasteiger partial charge in [-0.05, 0) is 30.5 Å². The van der Waals surface area contributed by atoms with E-state index in [1.165, 1.54) is 0 Å². The van der Waals surface area contributed by atoms with Gasteiger partial charge in [-0.2, -0.15) is 0 Å². The molecule has 16 heavy (non-hydrogen) atoms. The molecule has 0 radical (unpaired) electrons. The van der Waals surface area contributed by atoms with Crippen molar-refractivity contribution in [2.75, 3.05) is 6.54 Å². The maximum Gasteiger partial charge on any atom is 0.144 e. The van der Waals surface area contributed by atoms with Gasteiger partial charge >= 0.3 is 0 Å². The van der Waals surface area contributed by atoms with Gasteiger partial charge in [-0.1, -0.05) is 44.5 Å². The Kier molecular flexibility index (Phi) is 5.23. The van der Waals surface area contributed by atoms with Crippen molar-refractivity contribution in [3.05, 3.63) is 34.6 Å². The minimum atomic E-state index is -0.277. The van der Waals surface area contributed by atoms with E-state index < -0.39 is 0 Å². The third kappa shape index (κ3) is 4.11. The molecule has 0 fully saturated rings. The largest absolute Gasteiger partial charge is 0.314 e. The lowest BCUT2D eigenvalue weighted by Gasteiger charge is -2.15. The molecule has 0 heterocycles. The van der Waals surface area contributed by atoms with Crippen molar-refractivity contribution in [3.63, 3.8) is 0 Å². The van der Waals surface area contributed by atoms with E-state index in [4.69, 9.17) is 11.6 Å². The summed E-state index contributed by atoms with van der Waals surface area (Å²) in [4.78, 5) is 0. The lowest BCUT2D eigenvalue weighted by Crippen LogP contribution is -2.28. The van der Waals surface area contributed by atoms with Gasteiger partial charge in [0.05, 0.1) is 5.02 Å². The van der Waals surface area contributed by atoms with Gasteiger partial charge in [-0.15, -0.1) is 0 Å². The Balaban J connectivity index is 2.56. The monoisotopic (exact) mass is 243 g/mol. The van der Waals surface area contributed by atoms with Crippen molar-refractivity contribution in [1.82, 2.24) is 5.32 Å². The molecule has 1 aromatic carbocycles. The fourth-order valence-electron chi connectivity index (χ4n) is 1.59. The Morgan fingerprint density at radius 1 is 1.31 bits per heavy atom. The Morgan fingerprint density at radius 3 is 2.62 bits per heavy atom. The van der Waals surface area contributed by atoms with Crippen LogP contribution in [0.15, 0.2) is 18.2 Å². The molecule has 0 aliphatic carbocycles. The van der Waals surface area contributed by atoms with E-state index in [1.807, 2.05) is 0 Å². The molecule has 1 unspecified atom stereocenters. The van der Waals surface area contributed by atoms with E-state index in [0.29, 0.717) is 23.9 Å². The van der Waals surface area contributed by atoms with E-state index in [9.17, 15) is 4.39 Å². The van der Waals surface area contributed by atoms with Crippen molar-refractivity contribution in [2.24, 2.45) is 5.92 Å². The molecule has 0 aliphatic heterocycles. The van der Waals surface area contributed by atoms with Gasteiger partial charge in [0.2, 0.25) is 0 Å². The first-order chi connectivity index (χ1) is 7.50. The standard InChI is InChI=1S/C13H19ClFN/c1-9(2)16-8-10(3)7-11-5-4-6-12(14)13(11)15/h4-6,9-10,16H,7-8H2,1-3H3. The SMILES string of the molecule is CC(CNC(C)C)Cc1cccc(Cl)c1F. The number of benzene rings is 1. The van der Waals surface area contributed by atoms with Gasteiger partial charge in [0.15, 0.2) is 0 Å². The van der Waals surface area contributed by atoms with Crippen LogP contribution in [0.4, 0.5) is 4.39 Å². The number of halogens is 2. The summed E-state index contributed by atoms with van der Waals surface area (Å²) in [6, 6.07) is 5.64. The minimum absolute atomic E-state index is 0.210. The number of hydrogen-bond donors (Lipinski definition) is 1. The van der Waals surface area contributed by atoms with Crippen molar-refractivity contribution < 1.29 is 4.39 Å². The summed E-state index contributed by atoms with van der Waals surface area (Å²) in [7, 11) is 0. The summed E-state index contributed by atoms with van der Waals surface area (Å²) in [5.41, 5.74) is 0.700. The van der Waals surface area contributed by atoms with Crippen LogP contribution < -0.4 is 5.32 Å². The maximum atomic E-state index is 13.6. The van der Waals surface area contributed by atoms with E-state index in [0.717, 1.165) is 6.54 Å². The third-order valence-corrected chi connectivity index (χ3v) is 2.77. The average molecular weight is 244 g/mol. The van der Waals surface area contributed by atoms with Gasteiger partial charge in [0, 0.05) is 6.04 Å². The van der Waals surface area contributed by atoms with E-state index >= 15 is 0 Å². The van der Waals surface area contributed by atoms with Crippen LogP contribution in [0.1, 0.15) is 26.3 Å². The second-order valence-corrected chi connectivity index (χ2v) is 4.99. The van der Waals surface area contributed by atoms with E-state index in [-0.39, 0.29) is 10.8 Å². The first-order valence-electron chi connectivity index (χ1n) is 5.67. The van der Waals surface area contributed by atoms with Gasteiger partial charge < -0.3 is 5.32 Å². The summed E-state index contributed by atoms with van der Waals surface area (Å²) in [6.07, 6.45) is 0.714. The summed E-state index contributed by atoms with van der Waals surface area (Å²) in [6.45, 7) is 7.21. The zero-order valence-electron chi connectivity index (χ0n) is 10.1. The Hall–Kier alpha value is -0.600. The molecule has 0 amide bonds. The lowest BCUT2D eigenvalue weighted by atomic mass is 10.0. The molecule has 1 rings (SSSR count). The Labute approximate surface area is 102 Å². The summed E-state index contributed by atoms with van der Waals surface area (Å²) in [5.74, 6) is 0.121. The topological polar surface area (TPSA) is 12.0 Å². The highest BCUT2D eigenvalue weighted by Crippen LogP contribution is 2.20. The Morgan fingerprint density at radius 2 is 2.00 bits per heavy atom. The average Bonchev–Trinajstić information content (AvgIpc) is 2.22. The van der Waals surface area contributed by atoms with Crippen LogP contribution in [0.25, 0.3) is 0 Å².